The first kappa shape index (κ1) is 15.7. The van der Waals surface area contributed by atoms with E-state index in [1.54, 1.807) is 6.07 Å². The van der Waals surface area contributed by atoms with E-state index in [2.05, 4.69) is 36.1 Å². The molecule has 1 fully saturated rings. The fourth-order valence-corrected chi connectivity index (χ4v) is 4.63. The normalized spacial score (nSPS) is 17.7. The number of hydrogen-bond donors (Lipinski definition) is 1. The van der Waals surface area contributed by atoms with Crippen molar-refractivity contribution in [2.75, 3.05) is 13.1 Å². The lowest BCUT2D eigenvalue weighted by atomic mass is 10.0. The molecule has 0 spiro atoms. The van der Waals surface area contributed by atoms with E-state index in [1.807, 2.05) is 6.07 Å². The van der Waals surface area contributed by atoms with E-state index < -0.39 is 10.0 Å². The van der Waals surface area contributed by atoms with Crippen molar-refractivity contribution in [3.05, 3.63) is 42.0 Å². The molecule has 2 aromatic rings. The number of likely N-dealkylation sites (tertiary alicyclic amines) is 1. The molecule has 0 amide bonds. The van der Waals surface area contributed by atoms with Crippen LogP contribution in [0, 0.1) is 0 Å². The third-order valence-electron chi connectivity index (χ3n) is 4.23. The second-order valence-electron chi connectivity index (χ2n) is 5.70. The predicted octanol–water partition coefficient (Wildman–Crippen LogP) is 3.22. The van der Waals surface area contributed by atoms with Gasteiger partial charge in [-0.3, -0.25) is 4.90 Å². The number of sulfonamides is 1. The molecule has 1 saturated heterocycles. The summed E-state index contributed by atoms with van der Waals surface area (Å²) < 4.78 is 22.9. The number of thiophene rings is 1. The standard InChI is InChI=1S/C16H20N2O2S2/c1-12(18-10-2-3-11-18)13-4-6-14(7-5-13)15-8-9-16(21-15)22(17,19)20/h4-9,12H,2-3,10-11H2,1H3,(H2,17,19,20). The van der Waals surface area contributed by atoms with Gasteiger partial charge in [-0.05, 0) is 56.1 Å². The van der Waals surface area contributed by atoms with Gasteiger partial charge in [0.2, 0.25) is 10.0 Å². The van der Waals surface area contributed by atoms with Crippen LogP contribution in [-0.4, -0.2) is 26.4 Å². The minimum absolute atomic E-state index is 0.206. The summed E-state index contributed by atoms with van der Waals surface area (Å²) >= 11 is 1.21. The van der Waals surface area contributed by atoms with E-state index in [0.717, 1.165) is 10.4 Å². The lowest BCUT2D eigenvalue weighted by Crippen LogP contribution is -2.23. The molecule has 0 bridgehead atoms. The van der Waals surface area contributed by atoms with E-state index in [-0.39, 0.29) is 4.21 Å². The Balaban J connectivity index is 1.80. The average Bonchev–Trinajstić information content (AvgIpc) is 3.17. The van der Waals surface area contributed by atoms with E-state index >= 15 is 0 Å². The predicted molar refractivity (Wildman–Crippen MR) is 90.4 cm³/mol. The molecule has 0 radical (unpaired) electrons. The Hall–Kier alpha value is -1.21. The van der Waals surface area contributed by atoms with Gasteiger partial charge in [0.15, 0.2) is 0 Å². The molecule has 4 nitrogen and oxygen atoms in total. The first-order chi connectivity index (χ1) is 10.4. The van der Waals surface area contributed by atoms with Gasteiger partial charge in [0, 0.05) is 10.9 Å². The summed E-state index contributed by atoms with van der Waals surface area (Å²) in [6.45, 7) is 4.59. The van der Waals surface area contributed by atoms with Crippen molar-refractivity contribution in [2.24, 2.45) is 5.14 Å². The van der Waals surface area contributed by atoms with Gasteiger partial charge < -0.3 is 0 Å². The smallest absolute Gasteiger partial charge is 0.247 e. The van der Waals surface area contributed by atoms with E-state index in [0.29, 0.717) is 6.04 Å². The van der Waals surface area contributed by atoms with Crippen LogP contribution < -0.4 is 5.14 Å². The highest BCUT2D eigenvalue weighted by Gasteiger charge is 2.19. The molecule has 22 heavy (non-hydrogen) atoms. The zero-order valence-corrected chi connectivity index (χ0v) is 14.2. The van der Waals surface area contributed by atoms with E-state index in [9.17, 15) is 8.42 Å². The molecule has 1 unspecified atom stereocenters. The maximum absolute atomic E-state index is 11.4. The third kappa shape index (κ3) is 3.25. The minimum atomic E-state index is -3.61. The van der Waals surface area contributed by atoms with Crippen molar-refractivity contribution < 1.29 is 8.42 Å². The largest absolute Gasteiger partial charge is 0.297 e. The van der Waals surface area contributed by atoms with Crippen molar-refractivity contribution in [1.82, 2.24) is 4.90 Å². The maximum Gasteiger partial charge on any atom is 0.247 e. The number of rotatable bonds is 4. The third-order valence-corrected chi connectivity index (χ3v) is 6.80. The molecule has 1 aromatic carbocycles. The van der Waals surface area contributed by atoms with Crippen LogP contribution in [0.3, 0.4) is 0 Å². The molecular weight excluding hydrogens is 316 g/mol. The topological polar surface area (TPSA) is 63.4 Å². The molecule has 1 atom stereocenters. The number of benzene rings is 1. The SMILES string of the molecule is CC(c1ccc(-c2ccc(S(N)(=O)=O)s2)cc1)N1CCCC1. The Labute approximate surface area is 135 Å². The molecule has 1 aliphatic rings. The molecule has 0 aliphatic carbocycles. The highest BCUT2D eigenvalue weighted by atomic mass is 32.2. The van der Waals surface area contributed by atoms with Crippen LogP contribution in [0.1, 0.15) is 31.4 Å². The summed E-state index contributed by atoms with van der Waals surface area (Å²) in [5.41, 5.74) is 2.33. The Morgan fingerprint density at radius 2 is 1.73 bits per heavy atom. The number of hydrogen-bond acceptors (Lipinski definition) is 4. The quantitative estimate of drug-likeness (QED) is 0.932. The van der Waals surface area contributed by atoms with Crippen molar-refractivity contribution >= 4 is 21.4 Å². The summed E-state index contributed by atoms with van der Waals surface area (Å²) in [6, 6.07) is 12.2. The van der Waals surface area contributed by atoms with Gasteiger partial charge in [-0.2, -0.15) is 0 Å². The minimum Gasteiger partial charge on any atom is -0.297 e. The summed E-state index contributed by atoms with van der Waals surface area (Å²) in [6.07, 6.45) is 2.57. The first-order valence-corrected chi connectivity index (χ1v) is 9.78. The first-order valence-electron chi connectivity index (χ1n) is 7.42. The maximum atomic E-state index is 11.4. The van der Waals surface area contributed by atoms with Gasteiger partial charge in [-0.1, -0.05) is 24.3 Å². The Bertz CT molecular complexity index is 745. The monoisotopic (exact) mass is 336 g/mol. The highest BCUT2D eigenvalue weighted by Crippen LogP contribution is 2.32. The summed E-state index contributed by atoms with van der Waals surface area (Å²) in [5.74, 6) is 0. The van der Waals surface area contributed by atoms with Crippen LogP contribution in [-0.2, 0) is 10.0 Å². The fraction of sp³-hybridized carbons (Fsp3) is 0.375. The number of primary sulfonamides is 1. The Kier molecular flexibility index (Phi) is 4.36. The molecular formula is C16H20N2O2S2. The van der Waals surface area contributed by atoms with Crippen molar-refractivity contribution in [3.8, 4) is 10.4 Å². The molecule has 2 heterocycles. The highest BCUT2D eigenvalue weighted by molar-refractivity contribution is 7.91. The zero-order chi connectivity index (χ0) is 15.7. The van der Waals surface area contributed by atoms with Crippen LogP contribution in [0.4, 0.5) is 0 Å². The van der Waals surface area contributed by atoms with Crippen molar-refractivity contribution in [3.63, 3.8) is 0 Å². The fourth-order valence-electron chi connectivity index (χ4n) is 2.89. The Morgan fingerprint density at radius 1 is 1.09 bits per heavy atom. The second-order valence-corrected chi connectivity index (χ2v) is 8.58. The summed E-state index contributed by atoms with van der Waals surface area (Å²) in [5, 5.41) is 5.16. The van der Waals surface area contributed by atoms with Gasteiger partial charge in [-0.15, -0.1) is 11.3 Å². The lowest BCUT2D eigenvalue weighted by molar-refractivity contribution is 0.263. The Morgan fingerprint density at radius 3 is 2.27 bits per heavy atom. The van der Waals surface area contributed by atoms with Crippen molar-refractivity contribution in [2.45, 2.75) is 30.0 Å². The summed E-state index contributed by atoms with van der Waals surface area (Å²) in [7, 11) is -3.61. The van der Waals surface area contributed by atoms with Crippen LogP contribution in [0.5, 0.6) is 0 Å². The number of nitrogens with zero attached hydrogens (tertiary/aromatic N) is 1. The van der Waals surface area contributed by atoms with Crippen LogP contribution in [0.15, 0.2) is 40.6 Å². The van der Waals surface area contributed by atoms with Crippen LogP contribution in [0.2, 0.25) is 0 Å². The van der Waals surface area contributed by atoms with Gasteiger partial charge in [0.05, 0.1) is 0 Å². The molecule has 118 valence electrons. The van der Waals surface area contributed by atoms with Gasteiger partial charge in [0.1, 0.15) is 4.21 Å². The van der Waals surface area contributed by atoms with Crippen LogP contribution in [0.25, 0.3) is 10.4 Å². The van der Waals surface area contributed by atoms with E-state index in [4.69, 9.17) is 5.14 Å². The van der Waals surface area contributed by atoms with Gasteiger partial charge in [-0.25, -0.2) is 13.6 Å². The lowest BCUT2D eigenvalue weighted by Gasteiger charge is -2.24. The summed E-state index contributed by atoms with van der Waals surface area (Å²) in [4.78, 5) is 3.42. The second kappa shape index (κ2) is 6.12. The molecule has 0 saturated carbocycles. The average molecular weight is 336 g/mol. The van der Waals surface area contributed by atoms with Gasteiger partial charge in [0.25, 0.3) is 0 Å². The van der Waals surface area contributed by atoms with Gasteiger partial charge >= 0.3 is 0 Å². The van der Waals surface area contributed by atoms with Crippen LogP contribution >= 0.6 is 11.3 Å². The zero-order valence-electron chi connectivity index (χ0n) is 12.5. The molecule has 1 aromatic heterocycles. The molecule has 3 rings (SSSR count). The van der Waals surface area contributed by atoms with E-state index in [1.165, 1.54) is 42.8 Å². The van der Waals surface area contributed by atoms with Crippen molar-refractivity contribution in [1.29, 1.82) is 0 Å². The molecule has 6 heteroatoms. The number of nitrogens with two attached hydrogens (primary N) is 1. The molecule has 1 aliphatic heterocycles. The molecule has 2 N–H and O–H groups in total.